The molecule has 1 aliphatic heterocycles. The maximum atomic E-state index is 14.5. The zero-order valence-electron chi connectivity index (χ0n) is 17.9. The first kappa shape index (κ1) is 24.1. The van der Waals surface area contributed by atoms with E-state index in [0.717, 1.165) is 17.0 Å². The second-order valence-electron chi connectivity index (χ2n) is 8.12. The number of hydrogen-bond acceptors (Lipinski definition) is 4. The quantitative estimate of drug-likeness (QED) is 0.662. The van der Waals surface area contributed by atoms with Crippen LogP contribution in [0, 0.1) is 12.7 Å². The number of benzene rings is 1. The Bertz CT molecular complexity index is 1090. The molecule has 2 N–H and O–H groups in total. The highest BCUT2D eigenvalue weighted by Crippen LogP contribution is 2.34. The molecule has 0 radical (unpaired) electrons. The van der Waals surface area contributed by atoms with Gasteiger partial charge in [-0.2, -0.15) is 13.2 Å². The van der Waals surface area contributed by atoms with Gasteiger partial charge in [0.2, 0.25) is 11.8 Å². The summed E-state index contributed by atoms with van der Waals surface area (Å²) in [5, 5.41) is 0. The lowest BCUT2D eigenvalue weighted by atomic mass is 9.88. The SMILES string of the molecule is Cc1cnc(N2CC(=O)N(Cc3ccc(C(F)(F)F)cc3)C(C)(CCC(N)=O)C2=O)c(F)c1. The molecule has 0 bridgehead atoms. The molecule has 0 aliphatic carbocycles. The van der Waals surface area contributed by atoms with Gasteiger partial charge >= 0.3 is 6.18 Å². The molecule has 0 saturated carbocycles. The lowest BCUT2D eigenvalue weighted by molar-refractivity contribution is -0.151. The van der Waals surface area contributed by atoms with Crippen molar-refractivity contribution in [3.63, 3.8) is 0 Å². The molecule has 3 rings (SSSR count). The van der Waals surface area contributed by atoms with Gasteiger partial charge in [0.15, 0.2) is 11.6 Å². The molecule has 1 saturated heterocycles. The standard InChI is InChI=1S/C22H22F4N4O3/c1-13-9-16(23)19(28-10-13)29-12-18(32)30(21(2,20(29)33)8-7-17(27)31)11-14-3-5-15(6-4-14)22(24,25)26/h3-6,9-10H,7-8,11-12H2,1-2H3,(H2,27,31). The summed E-state index contributed by atoms with van der Waals surface area (Å²) in [7, 11) is 0. The summed E-state index contributed by atoms with van der Waals surface area (Å²) in [5.74, 6) is -3.07. The Kier molecular flexibility index (Phi) is 6.44. The molecule has 2 aromatic rings. The molecule has 1 unspecified atom stereocenters. The van der Waals surface area contributed by atoms with Crippen molar-refractivity contribution in [3.05, 3.63) is 59.0 Å². The number of nitrogens with two attached hydrogens (primary N) is 1. The Balaban J connectivity index is 1.96. The first-order chi connectivity index (χ1) is 15.3. The number of piperazine rings is 1. The number of hydrogen-bond donors (Lipinski definition) is 1. The summed E-state index contributed by atoms with van der Waals surface area (Å²) in [5.41, 5.74) is 3.66. The molecule has 1 aromatic heterocycles. The Labute approximate surface area is 187 Å². The number of carbonyl (C=O) groups excluding carboxylic acids is 3. The van der Waals surface area contributed by atoms with E-state index >= 15 is 0 Å². The van der Waals surface area contributed by atoms with E-state index in [0.29, 0.717) is 11.1 Å². The minimum atomic E-state index is -4.52. The summed E-state index contributed by atoms with van der Waals surface area (Å²) in [6.07, 6.45) is -3.56. The lowest BCUT2D eigenvalue weighted by Gasteiger charge is -2.47. The maximum Gasteiger partial charge on any atom is 0.416 e. The van der Waals surface area contributed by atoms with E-state index in [1.165, 1.54) is 36.2 Å². The smallest absolute Gasteiger partial charge is 0.370 e. The topological polar surface area (TPSA) is 96.6 Å². The Morgan fingerprint density at radius 1 is 1.21 bits per heavy atom. The first-order valence-corrected chi connectivity index (χ1v) is 10.0. The van der Waals surface area contributed by atoms with Crippen molar-refractivity contribution < 1.29 is 31.9 Å². The Morgan fingerprint density at radius 2 is 1.85 bits per heavy atom. The first-order valence-electron chi connectivity index (χ1n) is 10.0. The van der Waals surface area contributed by atoms with E-state index in [-0.39, 0.29) is 25.2 Å². The molecule has 1 aliphatic rings. The fourth-order valence-corrected chi connectivity index (χ4v) is 3.72. The number of anilines is 1. The van der Waals surface area contributed by atoms with E-state index in [9.17, 15) is 31.9 Å². The van der Waals surface area contributed by atoms with Crippen LogP contribution in [0.1, 0.15) is 36.5 Å². The number of amides is 3. The molecular weight excluding hydrogens is 444 g/mol. The highest BCUT2D eigenvalue weighted by atomic mass is 19.4. The summed E-state index contributed by atoms with van der Waals surface area (Å²) in [4.78, 5) is 44.0. The number of alkyl halides is 3. The number of pyridine rings is 1. The van der Waals surface area contributed by atoms with Crippen molar-refractivity contribution in [2.75, 3.05) is 11.4 Å². The van der Waals surface area contributed by atoms with Gasteiger partial charge in [-0.1, -0.05) is 12.1 Å². The minimum Gasteiger partial charge on any atom is -0.370 e. The molecular formula is C22H22F4N4O3. The van der Waals surface area contributed by atoms with E-state index < -0.39 is 47.4 Å². The number of aryl methyl sites for hydroxylation is 1. The van der Waals surface area contributed by atoms with Crippen LogP contribution in [0.5, 0.6) is 0 Å². The Hall–Kier alpha value is -3.50. The van der Waals surface area contributed by atoms with Gasteiger partial charge in [0.25, 0.3) is 5.91 Å². The van der Waals surface area contributed by atoms with Crippen LogP contribution in [-0.2, 0) is 27.1 Å². The van der Waals surface area contributed by atoms with E-state index in [4.69, 9.17) is 5.73 Å². The number of halogens is 4. The monoisotopic (exact) mass is 466 g/mol. The average molecular weight is 466 g/mol. The second-order valence-corrected chi connectivity index (χ2v) is 8.12. The zero-order valence-corrected chi connectivity index (χ0v) is 17.9. The van der Waals surface area contributed by atoms with Gasteiger partial charge in [0.1, 0.15) is 12.1 Å². The highest BCUT2D eigenvalue weighted by Gasteiger charge is 2.50. The Morgan fingerprint density at radius 3 is 2.39 bits per heavy atom. The number of nitrogens with zero attached hydrogens (tertiary/aromatic N) is 3. The van der Waals surface area contributed by atoms with Crippen LogP contribution in [0.4, 0.5) is 23.4 Å². The second kappa shape index (κ2) is 8.80. The van der Waals surface area contributed by atoms with Crippen molar-refractivity contribution in [2.45, 2.75) is 44.9 Å². The third kappa shape index (κ3) is 4.96. The number of aromatic nitrogens is 1. The molecule has 1 aromatic carbocycles. The van der Waals surface area contributed by atoms with Crippen molar-refractivity contribution in [1.82, 2.24) is 9.88 Å². The van der Waals surface area contributed by atoms with Gasteiger partial charge in [0.05, 0.1) is 5.56 Å². The van der Waals surface area contributed by atoms with Gasteiger partial charge in [-0.15, -0.1) is 0 Å². The fourth-order valence-electron chi connectivity index (χ4n) is 3.72. The van der Waals surface area contributed by atoms with Crippen molar-refractivity contribution in [3.8, 4) is 0 Å². The average Bonchev–Trinajstić information content (AvgIpc) is 2.73. The van der Waals surface area contributed by atoms with E-state index in [1.807, 2.05) is 0 Å². The number of carbonyl (C=O) groups is 3. The molecule has 11 heteroatoms. The lowest BCUT2D eigenvalue weighted by Crippen LogP contribution is -2.67. The van der Waals surface area contributed by atoms with Gasteiger partial charge in [-0.05, 0) is 49.6 Å². The van der Waals surface area contributed by atoms with Crippen LogP contribution >= 0.6 is 0 Å². The van der Waals surface area contributed by atoms with E-state index in [2.05, 4.69) is 4.98 Å². The summed E-state index contributed by atoms with van der Waals surface area (Å²) in [6, 6.07) is 5.36. The predicted octanol–water partition coefficient (Wildman–Crippen LogP) is 2.95. The van der Waals surface area contributed by atoms with Crippen molar-refractivity contribution >= 4 is 23.5 Å². The summed E-state index contributed by atoms with van der Waals surface area (Å²) in [6.45, 7) is 2.33. The molecule has 0 spiro atoms. The number of rotatable bonds is 6. The highest BCUT2D eigenvalue weighted by molar-refractivity contribution is 6.08. The predicted molar refractivity (Wildman–Crippen MR) is 110 cm³/mol. The van der Waals surface area contributed by atoms with Crippen molar-refractivity contribution in [1.29, 1.82) is 0 Å². The summed E-state index contributed by atoms with van der Waals surface area (Å²) >= 11 is 0. The van der Waals surface area contributed by atoms with Gasteiger partial charge < -0.3 is 10.6 Å². The fraction of sp³-hybridized carbons (Fsp3) is 0.364. The van der Waals surface area contributed by atoms with Gasteiger partial charge in [0, 0.05) is 19.2 Å². The zero-order chi connectivity index (χ0) is 24.6. The molecule has 33 heavy (non-hydrogen) atoms. The normalized spacial score (nSPS) is 19.2. The molecule has 1 fully saturated rings. The third-order valence-corrected chi connectivity index (χ3v) is 5.59. The van der Waals surface area contributed by atoms with Crippen LogP contribution in [0.3, 0.4) is 0 Å². The molecule has 3 amide bonds. The largest absolute Gasteiger partial charge is 0.416 e. The third-order valence-electron chi connectivity index (χ3n) is 5.59. The van der Waals surface area contributed by atoms with Crippen molar-refractivity contribution in [2.24, 2.45) is 5.73 Å². The van der Waals surface area contributed by atoms with Crippen LogP contribution < -0.4 is 10.6 Å². The van der Waals surface area contributed by atoms with Crippen LogP contribution in [0.15, 0.2) is 36.5 Å². The van der Waals surface area contributed by atoms with Crippen LogP contribution in [-0.4, -0.2) is 39.7 Å². The molecule has 176 valence electrons. The molecule has 2 heterocycles. The van der Waals surface area contributed by atoms with Crippen LogP contribution in [0.2, 0.25) is 0 Å². The minimum absolute atomic E-state index is 0.155. The molecule has 7 nitrogen and oxygen atoms in total. The van der Waals surface area contributed by atoms with Crippen LogP contribution in [0.25, 0.3) is 0 Å². The van der Waals surface area contributed by atoms with E-state index in [1.54, 1.807) is 6.92 Å². The van der Waals surface area contributed by atoms with Gasteiger partial charge in [-0.3, -0.25) is 19.3 Å². The number of primary amides is 1. The van der Waals surface area contributed by atoms with Gasteiger partial charge in [-0.25, -0.2) is 9.37 Å². The summed E-state index contributed by atoms with van der Waals surface area (Å²) < 4.78 is 53.1. The molecule has 1 atom stereocenters. The maximum absolute atomic E-state index is 14.5.